The van der Waals surface area contributed by atoms with Gasteiger partial charge in [0.2, 0.25) is 5.89 Å². The molecule has 1 heterocycles. The van der Waals surface area contributed by atoms with Gasteiger partial charge in [0.15, 0.2) is 5.82 Å². The van der Waals surface area contributed by atoms with Gasteiger partial charge in [0.1, 0.15) is 0 Å². The van der Waals surface area contributed by atoms with Gasteiger partial charge in [-0.1, -0.05) is 49.3 Å². The number of hydrogen-bond donors (Lipinski definition) is 1. The van der Waals surface area contributed by atoms with Crippen molar-refractivity contribution in [3.63, 3.8) is 0 Å². The van der Waals surface area contributed by atoms with E-state index in [0.717, 1.165) is 18.7 Å². The number of nitrogens with one attached hydrogen (secondary N) is 1. The molecular weight excluding hydrogens is 262 g/mol. The Morgan fingerprint density at radius 2 is 1.71 bits per heavy atom. The Kier molecular flexibility index (Phi) is 4.47. The van der Waals surface area contributed by atoms with Crippen molar-refractivity contribution in [3.05, 3.63) is 47.6 Å². The van der Waals surface area contributed by atoms with Gasteiger partial charge in [-0.3, -0.25) is 0 Å². The second-order valence-corrected chi connectivity index (χ2v) is 5.95. The summed E-state index contributed by atoms with van der Waals surface area (Å²) in [6.45, 7) is 8.42. The van der Waals surface area contributed by atoms with Crippen LogP contribution in [0.4, 0.5) is 0 Å². The van der Waals surface area contributed by atoms with Crippen molar-refractivity contribution in [2.75, 3.05) is 7.05 Å². The Balaban J connectivity index is 2.50. The van der Waals surface area contributed by atoms with Crippen LogP contribution in [-0.2, 0) is 11.0 Å². The highest BCUT2D eigenvalue weighted by molar-refractivity contribution is 5.32. The molecule has 0 aliphatic rings. The summed E-state index contributed by atoms with van der Waals surface area (Å²) in [5, 5.41) is 7.50. The first-order valence-electron chi connectivity index (χ1n) is 7.59. The van der Waals surface area contributed by atoms with E-state index in [2.05, 4.69) is 48.6 Å². The number of benzene rings is 1. The van der Waals surface area contributed by atoms with E-state index in [-0.39, 0.29) is 11.0 Å². The third-order valence-corrected chi connectivity index (χ3v) is 4.55. The SMILES string of the molecule is CCC(CC)(c1ccccc1)c1noc(C(C)(C)NC)n1. The van der Waals surface area contributed by atoms with Gasteiger partial charge < -0.3 is 9.84 Å². The second-order valence-electron chi connectivity index (χ2n) is 5.95. The zero-order valence-corrected chi connectivity index (χ0v) is 13.6. The molecule has 0 spiro atoms. The molecule has 1 N–H and O–H groups in total. The molecule has 0 saturated heterocycles. The van der Waals surface area contributed by atoms with Crippen molar-refractivity contribution in [1.82, 2.24) is 15.5 Å². The molecule has 0 unspecified atom stereocenters. The molecule has 1 aromatic carbocycles. The van der Waals surface area contributed by atoms with Crippen LogP contribution in [0, 0.1) is 0 Å². The highest BCUT2D eigenvalue weighted by Crippen LogP contribution is 2.37. The molecular formula is C17H25N3O. The normalized spacial score (nSPS) is 12.6. The quantitative estimate of drug-likeness (QED) is 0.881. The summed E-state index contributed by atoms with van der Waals surface area (Å²) >= 11 is 0. The van der Waals surface area contributed by atoms with Gasteiger partial charge in [-0.25, -0.2) is 0 Å². The fourth-order valence-electron chi connectivity index (χ4n) is 2.64. The zero-order chi connectivity index (χ0) is 15.5. The summed E-state index contributed by atoms with van der Waals surface area (Å²) in [6, 6.07) is 10.5. The first-order chi connectivity index (χ1) is 10.00. The molecule has 114 valence electrons. The minimum absolute atomic E-state index is 0.188. The van der Waals surface area contributed by atoms with Crippen LogP contribution in [-0.4, -0.2) is 17.2 Å². The van der Waals surface area contributed by atoms with Gasteiger partial charge in [0.05, 0.1) is 11.0 Å². The van der Waals surface area contributed by atoms with Crippen molar-refractivity contribution in [3.8, 4) is 0 Å². The number of hydrogen-bond acceptors (Lipinski definition) is 4. The topological polar surface area (TPSA) is 51.0 Å². The van der Waals surface area contributed by atoms with Crippen LogP contribution in [0.1, 0.15) is 57.8 Å². The molecule has 0 bridgehead atoms. The van der Waals surface area contributed by atoms with E-state index in [9.17, 15) is 0 Å². The monoisotopic (exact) mass is 287 g/mol. The van der Waals surface area contributed by atoms with Crippen molar-refractivity contribution in [2.24, 2.45) is 0 Å². The molecule has 4 nitrogen and oxygen atoms in total. The van der Waals surface area contributed by atoms with Crippen LogP contribution in [0.15, 0.2) is 34.9 Å². The van der Waals surface area contributed by atoms with E-state index in [1.807, 2.05) is 27.0 Å². The molecule has 0 radical (unpaired) electrons. The lowest BCUT2D eigenvalue weighted by Crippen LogP contribution is -2.34. The fraction of sp³-hybridized carbons (Fsp3) is 0.529. The number of aromatic nitrogens is 2. The van der Waals surface area contributed by atoms with Gasteiger partial charge in [0, 0.05) is 0 Å². The number of rotatable bonds is 6. The fourth-order valence-corrected chi connectivity index (χ4v) is 2.64. The standard InChI is InChI=1S/C17H25N3O/c1-6-17(7-2,13-11-9-8-10-12-13)14-19-15(21-20-14)16(3,4)18-5/h8-12,18H,6-7H2,1-5H3. The predicted octanol–water partition coefficient (Wildman–Crippen LogP) is 3.63. The van der Waals surface area contributed by atoms with Crippen molar-refractivity contribution in [1.29, 1.82) is 0 Å². The van der Waals surface area contributed by atoms with Crippen LogP contribution in [0.5, 0.6) is 0 Å². The molecule has 1 aromatic heterocycles. The van der Waals surface area contributed by atoms with Crippen LogP contribution in [0.25, 0.3) is 0 Å². The molecule has 0 atom stereocenters. The average molecular weight is 287 g/mol. The largest absolute Gasteiger partial charge is 0.337 e. The van der Waals surface area contributed by atoms with Gasteiger partial charge in [0.25, 0.3) is 0 Å². The average Bonchev–Trinajstić information content (AvgIpc) is 3.01. The number of nitrogens with zero attached hydrogens (tertiary/aromatic N) is 2. The Labute approximate surface area is 127 Å². The molecule has 0 aliphatic carbocycles. The molecule has 4 heteroatoms. The van der Waals surface area contributed by atoms with Crippen LogP contribution < -0.4 is 5.32 Å². The summed E-state index contributed by atoms with van der Waals surface area (Å²) in [4.78, 5) is 4.70. The lowest BCUT2D eigenvalue weighted by Gasteiger charge is -2.28. The first kappa shape index (κ1) is 15.7. The van der Waals surface area contributed by atoms with E-state index in [0.29, 0.717) is 5.89 Å². The van der Waals surface area contributed by atoms with Gasteiger partial charge in [-0.15, -0.1) is 0 Å². The Bertz CT molecular complexity index is 571. The summed E-state index contributed by atoms with van der Waals surface area (Å²) in [7, 11) is 1.90. The van der Waals surface area contributed by atoms with Crippen LogP contribution >= 0.6 is 0 Å². The minimum Gasteiger partial charge on any atom is -0.337 e. The summed E-state index contributed by atoms with van der Waals surface area (Å²) in [6.07, 6.45) is 1.87. The second kappa shape index (κ2) is 5.98. The minimum atomic E-state index is -0.324. The Morgan fingerprint density at radius 3 is 2.24 bits per heavy atom. The Morgan fingerprint density at radius 1 is 1.10 bits per heavy atom. The summed E-state index contributed by atoms with van der Waals surface area (Å²) in [5.74, 6) is 1.40. The van der Waals surface area contributed by atoms with Crippen molar-refractivity contribution in [2.45, 2.75) is 51.5 Å². The van der Waals surface area contributed by atoms with Gasteiger partial charge in [-0.2, -0.15) is 4.98 Å². The van der Waals surface area contributed by atoms with E-state index in [4.69, 9.17) is 9.51 Å². The van der Waals surface area contributed by atoms with Gasteiger partial charge >= 0.3 is 0 Å². The first-order valence-corrected chi connectivity index (χ1v) is 7.59. The molecule has 0 saturated carbocycles. The summed E-state index contributed by atoms with van der Waals surface area (Å²) < 4.78 is 5.53. The van der Waals surface area contributed by atoms with E-state index >= 15 is 0 Å². The highest BCUT2D eigenvalue weighted by atomic mass is 16.5. The maximum absolute atomic E-state index is 5.53. The lowest BCUT2D eigenvalue weighted by molar-refractivity contribution is 0.276. The molecule has 0 amide bonds. The van der Waals surface area contributed by atoms with E-state index in [1.54, 1.807) is 0 Å². The molecule has 21 heavy (non-hydrogen) atoms. The van der Waals surface area contributed by atoms with Crippen LogP contribution in [0.2, 0.25) is 0 Å². The highest BCUT2D eigenvalue weighted by Gasteiger charge is 2.37. The third kappa shape index (κ3) is 2.72. The van der Waals surface area contributed by atoms with Crippen molar-refractivity contribution >= 4 is 0 Å². The van der Waals surface area contributed by atoms with Crippen molar-refractivity contribution < 1.29 is 4.52 Å². The molecule has 2 rings (SSSR count). The summed E-state index contributed by atoms with van der Waals surface area (Å²) in [5.41, 5.74) is 0.728. The van der Waals surface area contributed by atoms with Gasteiger partial charge in [-0.05, 0) is 39.3 Å². The Hall–Kier alpha value is -1.68. The smallest absolute Gasteiger partial charge is 0.246 e. The van der Waals surface area contributed by atoms with E-state index < -0.39 is 0 Å². The van der Waals surface area contributed by atoms with Crippen LogP contribution in [0.3, 0.4) is 0 Å². The maximum Gasteiger partial charge on any atom is 0.246 e. The van der Waals surface area contributed by atoms with E-state index in [1.165, 1.54) is 5.56 Å². The predicted molar refractivity (Wildman–Crippen MR) is 84.2 cm³/mol. The molecule has 0 fully saturated rings. The maximum atomic E-state index is 5.53. The zero-order valence-electron chi connectivity index (χ0n) is 13.6. The molecule has 0 aliphatic heterocycles. The third-order valence-electron chi connectivity index (χ3n) is 4.55. The lowest BCUT2D eigenvalue weighted by atomic mass is 9.75. The molecule has 2 aromatic rings.